The lowest BCUT2D eigenvalue weighted by Gasteiger charge is -2.33. The summed E-state index contributed by atoms with van der Waals surface area (Å²) in [5.74, 6) is -1.57. The third-order valence-corrected chi connectivity index (χ3v) is 2.41. The second kappa shape index (κ2) is 3.94. The predicted molar refractivity (Wildman–Crippen MR) is 54.9 cm³/mol. The van der Waals surface area contributed by atoms with Crippen LogP contribution in [-0.2, 0) is 4.79 Å². The summed E-state index contributed by atoms with van der Waals surface area (Å²) in [5, 5.41) is 0. The van der Waals surface area contributed by atoms with E-state index in [0.29, 0.717) is 10.6 Å². The molecule has 1 amide bonds. The number of para-hydroxylation sites is 2. The Morgan fingerprint density at radius 2 is 2.06 bits per heavy atom. The lowest BCUT2D eigenvalue weighted by atomic mass is 10.2. The fourth-order valence-corrected chi connectivity index (χ4v) is 1.73. The van der Waals surface area contributed by atoms with Crippen molar-refractivity contribution in [2.45, 2.75) is 19.2 Å². The van der Waals surface area contributed by atoms with Crippen molar-refractivity contribution in [3.8, 4) is 5.75 Å². The monoisotopic (exact) mass is 245 g/mol. The first-order valence-electron chi connectivity index (χ1n) is 5.04. The number of halogens is 3. The van der Waals surface area contributed by atoms with Crippen LogP contribution < -0.4 is 9.64 Å². The molecule has 1 heterocycles. The number of ether oxygens (including phenoxy) is 1. The summed E-state index contributed by atoms with van der Waals surface area (Å²) in [7, 11) is 0. The number of alkyl halides is 3. The van der Waals surface area contributed by atoms with Crippen LogP contribution in [0.25, 0.3) is 0 Å². The molecular formula is C11H10F3NO2. The van der Waals surface area contributed by atoms with Gasteiger partial charge in [0.2, 0.25) is 0 Å². The number of carbonyl (C=O) groups excluding carboxylic acids is 1. The molecule has 0 fully saturated rings. The first-order valence-corrected chi connectivity index (χ1v) is 5.04. The molecular weight excluding hydrogens is 235 g/mol. The number of hydrogen-bond acceptors (Lipinski definition) is 2. The molecule has 1 atom stereocenters. The highest BCUT2D eigenvalue weighted by atomic mass is 19.4. The third-order valence-electron chi connectivity index (χ3n) is 2.41. The summed E-state index contributed by atoms with van der Waals surface area (Å²) < 4.78 is 42.6. The zero-order chi connectivity index (χ0) is 12.6. The average molecular weight is 245 g/mol. The first-order chi connectivity index (χ1) is 7.89. The maximum atomic E-state index is 12.4. The standard InChI is InChI=1S/C11H10F3NO2/c1-7-6-15(10(16)11(12,13)14)8-4-2-3-5-9(8)17-7/h2-5,7H,6H2,1H3. The molecule has 6 heteroatoms. The zero-order valence-corrected chi connectivity index (χ0v) is 8.99. The van der Waals surface area contributed by atoms with Crippen LogP contribution in [0.4, 0.5) is 18.9 Å². The van der Waals surface area contributed by atoms with Crippen molar-refractivity contribution >= 4 is 11.6 Å². The molecule has 0 saturated carbocycles. The van der Waals surface area contributed by atoms with Crippen LogP contribution in [0.15, 0.2) is 24.3 Å². The molecule has 1 aliphatic heterocycles. The number of rotatable bonds is 0. The number of amides is 1. The Morgan fingerprint density at radius 1 is 1.41 bits per heavy atom. The highest BCUT2D eigenvalue weighted by Crippen LogP contribution is 2.35. The minimum Gasteiger partial charge on any atom is -0.487 e. The molecule has 0 bridgehead atoms. The Morgan fingerprint density at radius 3 is 2.71 bits per heavy atom. The van der Waals surface area contributed by atoms with E-state index < -0.39 is 18.2 Å². The largest absolute Gasteiger partial charge is 0.487 e. The van der Waals surface area contributed by atoms with E-state index in [1.165, 1.54) is 6.07 Å². The molecule has 1 aromatic rings. The summed E-state index contributed by atoms with van der Waals surface area (Å²) >= 11 is 0. The van der Waals surface area contributed by atoms with Crippen molar-refractivity contribution in [3.63, 3.8) is 0 Å². The number of fused-ring (bicyclic) bond motifs is 1. The van der Waals surface area contributed by atoms with Crippen LogP contribution >= 0.6 is 0 Å². The average Bonchev–Trinajstić information content (AvgIpc) is 2.25. The molecule has 0 saturated heterocycles. The summed E-state index contributed by atoms with van der Waals surface area (Å²) in [5.41, 5.74) is 0.160. The molecule has 2 rings (SSSR count). The Bertz CT molecular complexity index is 445. The highest BCUT2D eigenvalue weighted by molar-refractivity contribution is 5.98. The lowest BCUT2D eigenvalue weighted by molar-refractivity contribution is -0.170. The Balaban J connectivity index is 2.40. The zero-order valence-electron chi connectivity index (χ0n) is 8.99. The van der Waals surface area contributed by atoms with E-state index in [4.69, 9.17) is 4.74 Å². The summed E-state index contributed by atoms with van der Waals surface area (Å²) in [6.07, 6.45) is -5.33. The SMILES string of the molecule is CC1CN(C(=O)C(F)(F)F)c2ccccc2O1. The molecule has 1 unspecified atom stereocenters. The lowest BCUT2D eigenvalue weighted by Crippen LogP contribution is -2.48. The number of carbonyl (C=O) groups is 1. The normalized spacial score (nSPS) is 19.5. The third kappa shape index (κ3) is 2.20. The smallest absolute Gasteiger partial charge is 0.471 e. The van der Waals surface area contributed by atoms with Crippen molar-refractivity contribution < 1.29 is 22.7 Å². The van der Waals surface area contributed by atoms with Gasteiger partial charge in [0.25, 0.3) is 0 Å². The minimum atomic E-state index is -4.87. The van der Waals surface area contributed by atoms with Crippen molar-refractivity contribution in [1.82, 2.24) is 0 Å². The Hall–Kier alpha value is -1.72. The van der Waals surface area contributed by atoms with E-state index in [2.05, 4.69) is 0 Å². The van der Waals surface area contributed by atoms with Crippen LogP contribution in [0.1, 0.15) is 6.92 Å². The van der Waals surface area contributed by atoms with Crippen LogP contribution in [0.2, 0.25) is 0 Å². The minimum absolute atomic E-state index is 0.102. The number of hydrogen-bond donors (Lipinski definition) is 0. The molecule has 0 aromatic heterocycles. The van der Waals surface area contributed by atoms with Crippen LogP contribution in [0.5, 0.6) is 5.75 Å². The van der Waals surface area contributed by atoms with Gasteiger partial charge >= 0.3 is 12.1 Å². The van der Waals surface area contributed by atoms with E-state index in [-0.39, 0.29) is 12.2 Å². The summed E-state index contributed by atoms with van der Waals surface area (Å²) in [6, 6.07) is 6.19. The van der Waals surface area contributed by atoms with Gasteiger partial charge in [-0.25, -0.2) is 0 Å². The van der Waals surface area contributed by atoms with Gasteiger partial charge < -0.3 is 4.74 Å². The van der Waals surface area contributed by atoms with Crippen molar-refractivity contribution in [2.24, 2.45) is 0 Å². The molecule has 0 aliphatic carbocycles. The quantitative estimate of drug-likeness (QED) is 0.702. The molecule has 1 aromatic carbocycles. The van der Waals surface area contributed by atoms with Gasteiger partial charge in [-0.15, -0.1) is 0 Å². The molecule has 3 nitrogen and oxygen atoms in total. The van der Waals surface area contributed by atoms with Gasteiger partial charge in [0.15, 0.2) is 0 Å². The van der Waals surface area contributed by atoms with Gasteiger partial charge in [0, 0.05) is 0 Å². The maximum Gasteiger partial charge on any atom is 0.471 e. The second-order valence-electron chi connectivity index (χ2n) is 3.81. The van der Waals surface area contributed by atoms with Gasteiger partial charge in [0.1, 0.15) is 11.9 Å². The van der Waals surface area contributed by atoms with E-state index in [1.54, 1.807) is 25.1 Å². The van der Waals surface area contributed by atoms with Gasteiger partial charge in [0.05, 0.1) is 12.2 Å². The molecule has 17 heavy (non-hydrogen) atoms. The first kappa shape index (κ1) is 11.8. The molecule has 0 spiro atoms. The predicted octanol–water partition coefficient (Wildman–Crippen LogP) is 2.36. The summed E-state index contributed by atoms with van der Waals surface area (Å²) in [6.45, 7) is 1.52. The van der Waals surface area contributed by atoms with Gasteiger partial charge in [-0.1, -0.05) is 12.1 Å². The van der Waals surface area contributed by atoms with Crippen molar-refractivity contribution in [2.75, 3.05) is 11.4 Å². The maximum absolute atomic E-state index is 12.4. The van der Waals surface area contributed by atoms with Gasteiger partial charge in [-0.05, 0) is 19.1 Å². The molecule has 1 aliphatic rings. The highest BCUT2D eigenvalue weighted by Gasteiger charge is 2.45. The second-order valence-corrected chi connectivity index (χ2v) is 3.81. The van der Waals surface area contributed by atoms with Crippen LogP contribution in [0.3, 0.4) is 0 Å². The molecule has 92 valence electrons. The van der Waals surface area contributed by atoms with Crippen molar-refractivity contribution in [1.29, 1.82) is 0 Å². The van der Waals surface area contributed by atoms with Crippen LogP contribution in [-0.4, -0.2) is 24.7 Å². The van der Waals surface area contributed by atoms with Gasteiger partial charge in [-0.2, -0.15) is 13.2 Å². The fourth-order valence-electron chi connectivity index (χ4n) is 1.73. The Kier molecular flexibility index (Phi) is 2.73. The van der Waals surface area contributed by atoms with Crippen LogP contribution in [0, 0.1) is 0 Å². The molecule has 0 N–H and O–H groups in total. The Labute approximate surface area is 95.8 Å². The van der Waals surface area contributed by atoms with E-state index >= 15 is 0 Å². The summed E-state index contributed by atoms with van der Waals surface area (Å²) in [4.78, 5) is 12.0. The van der Waals surface area contributed by atoms with E-state index in [1.807, 2.05) is 0 Å². The van der Waals surface area contributed by atoms with E-state index in [9.17, 15) is 18.0 Å². The number of anilines is 1. The van der Waals surface area contributed by atoms with E-state index in [0.717, 1.165) is 0 Å². The number of benzene rings is 1. The van der Waals surface area contributed by atoms with Gasteiger partial charge in [-0.3, -0.25) is 9.69 Å². The topological polar surface area (TPSA) is 29.5 Å². The molecule has 0 radical (unpaired) electrons. The fraction of sp³-hybridized carbons (Fsp3) is 0.364. The van der Waals surface area contributed by atoms with Crippen molar-refractivity contribution in [3.05, 3.63) is 24.3 Å². The number of nitrogens with zero attached hydrogens (tertiary/aromatic N) is 1.